The van der Waals surface area contributed by atoms with Gasteiger partial charge in [0, 0.05) is 18.5 Å². The molecule has 0 aromatic heterocycles. The molecule has 4 fully saturated rings. The van der Waals surface area contributed by atoms with Crippen molar-refractivity contribution in [2.45, 2.75) is 49.4 Å². The standard InChI is InChI=1S/C20H20ClF3N2O5/c1-18-8-12(25-17(28)29-2)19(31-18)5-6-30-16-14(19)13(18)15(27)26(16)9-3-4-11(21)10(7-9)20(22,23)24/h3-4,7,12-14,16H,5-6,8H2,1-2H3,(H,25,28)/t12-,13+,14-,16-,18+,19-/m0/s1. The van der Waals surface area contributed by atoms with Gasteiger partial charge in [-0.15, -0.1) is 0 Å². The Morgan fingerprint density at radius 1 is 1.39 bits per heavy atom. The van der Waals surface area contributed by atoms with Crippen molar-refractivity contribution in [2.75, 3.05) is 18.6 Å². The second-order valence-corrected chi connectivity index (χ2v) is 9.05. The lowest BCUT2D eigenvalue weighted by Crippen LogP contribution is -2.61. The molecule has 0 unspecified atom stereocenters. The van der Waals surface area contributed by atoms with E-state index in [-0.39, 0.29) is 18.2 Å². The second-order valence-electron chi connectivity index (χ2n) is 8.65. The predicted molar refractivity (Wildman–Crippen MR) is 101 cm³/mol. The minimum Gasteiger partial charge on any atom is -0.453 e. The van der Waals surface area contributed by atoms with E-state index >= 15 is 0 Å². The molecule has 0 saturated carbocycles. The Morgan fingerprint density at radius 2 is 2.13 bits per heavy atom. The number of fused-ring (bicyclic) bond motifs is 2. The van der Waals surface area contributed by atoms with E-state index in [2.05, 4.69) is 5.32 Å². The zero-order valence-electron chi connectivity index (χ0n) is 16.7. The molecule has 5 rings (SSSR count). The van der Waals surface area contributed by atoms with Crippen LogP contribution in [0.3, 0.4) is 0 Å². The first-order valence-corrected chi connectivity index (χ1v) is 10.3. The fraction of sp³-hybridized carbons (Fsp3) is 0.600. The number of alkyl halides is 3. The van der Waals surface area contributed by atoms with Gasteiger partial charge < -0.3 is 19.5 Å². The molecule has 4 heterocycles. The van der Waals surface area contributed by atoms with E-state index in [0.29, 0.717) is 12.8 Å². The molecule has 2 bridgehead atoms. The van der Waals surface area contributed by atoms with Gasteiger partial charge in [0.25, 0.3) is 0 Å². The third-order valence-electron chi connectivity index (χ3n) is 7.06. The van der Waals surface area contributed by atoms with E-state index in [1.165, 1.54) is 18.1 Å². The molecule has 11 heteroatoms. The molecule has 1 aromatic rings. The van der Waals surface area contributed by atoms with Crippen molar-refractivity contribution in [1.82, 2.24) is 5.32 Å². The molecule has 0 radical (unpaired) electrons. The number of ether oxygens (including phenoxy) is 3. The first-order chi connectivity index (χ1) is 14.5. The SMILES string of the molecule is COC(=O)N[C@H]1C[C@@]2(C)O[C@@]13CCO[C@H]1[C@@H]3[C@@H]2C(=O)N1c1ccc(Cl)c(C(F)(F)F)c1. The fourth-order valence-corrected chi connectivity index (χ4v) is 6.20. The van der Waals surface area contributed by atoms with Crippen molar-refractivity contribution in [2.24, 2.45) is 11.8 Å². The summed E-state index contributed by atoms with van der Waals surface area (Å²) in [6.07, 6.45) is -5.23. The van der Waals surface area contributed by atoms with E-state index in [4.69, 9.17) is 25.8 Å². The molecule has 168 valence electrons. The van der Waals surface area contributed by atoms with Crippen molar-refractivity contribution < 1.29 is 37.0 Å². The highest BCUT2D eigenvalue weighted by Crippen LogP contribution is 2.65. The van der Waals surface area contributed by atoms with Crippen molar-refractivity contribution in [1.29, 1.82) is 0 Å². The van der Waals surface area contributed by atoms with Gasteiger partial charge in [-0.1, -0.05) is 11.6 Å². The first-order valence-electron chi connectivity index (χ1n) is 9.88. The summed E-state index contributed by atoms with van der Waals surface area (Å²) < 4.78 is 57.3. The van der Waals surface area contributed by atoms with Crippen LogP contribution in [0, 0.1) is 11.8 Å². The van der Waals surface area contributed by atoms with E-state index in [1.807, 2.05) is 0 Å². The molecular weight excluding hydrogens is 441 g/mol. The van der Waals surface area contributed by atoms with Crippen LogP contribution < -0.4 is 10.2 Å². The number of amides is 2. The number of carbonyl (C=O) groups excluding carboxylic acids is 2. The maximum Gasteiger partial charge on any atom is 0.417 e. The normalized spacial score (nSPS) is 38.4. The van der Waals surface area contributed by atoms with Gasteiger partial charge in [-0.05, 0) is 25.1 Å². The third kappa shape index (κ3) is 2.74. The Morgan fingerprint density at radius 3 is 2.81 bits per heavy atom. The molecule has 4 saturated heterocycles. The van der Waals surface area contributed by atoms with Crippen LogP contribution in [-0.4, -0.2) is 49.2 Å². The van der Waals surface area contributed by atoms with Crippen LogP contribution in [0.15, 0.2) is 18.2 Å². The monoisotopic (exact) mass is 460 g/mol. The van der Waals surface area contributed by atoms with Crippen LogP contribution in [0.4, 0.5) is 23.7 Å². The zero-order valence-corrected chi connectivity index (χ0v) is 17.4. The highest BCUT2D eigenvalue weighted by atomic mass is 35.5. The summed E-state index contributed by atoms with van der Waals surface area (Å²) >= 11 is 5.76. The van der Waals surface area contributed by atoms with Crippen molar-refractivity contribution in [3.05, 3.63) is 28.8 Å². The number of methoxy groups -OCH3 is 1. The van der Waals surface area contributed by atoms with Crippen LogP contribution in [0.2, 0.25) is 5.02 Å². The number of anilines is 1. The lowest BCUT2D eigenvalue weighted by atomic mass is 9.64. The van der Waals surface area contributed by atoms with Crippen molar-refractivity contribution in [3.63, 3.8) is 0 Å². The Hall–Kier alpha value is -2.04. The number of nitrogens with zero attached hydrogens (tertiary/aromatic N) is 1. The summed E-state index contributed by atoms with van der Waals surface area (Å²) in [4.78, 5) is 26.7. The number of nitrogens with one attached hydrogen (secondary N) is 1. The number of halogens is 4. The highest BCUT2D eigenvalue weighted by molar-refractivity contribution is 6.31. The summed E-state index contributed by atoms with van der Waals surface area (Å²) in [5.41, 5.74) is -2.69. The van der Waals surface area contributed by atoms with E-state index in [0.717, 1.165) is 12.1 Å². The number of alkyl carbamates (subject to hydrolysis) is 1. The smallest absolute Gasteiger partial charge is 0.417 e. The molecule has 31 heavy (non-hydrogen) atoms. The largest absolute Gasteiger partial charge is 0.453 e. The Kier molecular flexibility index (Phi) is 4.36. The second kappa shape index (κ2) is 6.49. The summed E-state index contributed by atoms with van der Waals surface area (Å²) in [7, 11) is 1.26. The molecule has 1 spiro atoms. The molecular formula is C20H20ClF3N2O5. The van der Waals surface area contributed by atoms with Gasteiger partial charge >= 0.3 is 12.3 Å². The van der Waals surface area contributed by atoms with Gasteiger partial charge in [-0.25, -0.2) is 4.79 Å². The van der Waals surface area contributed by atoms with E-state index in [1.54, 1.807) is 6.92 Å². The maximum atomic E-state index is 13.5. The number of carbonyl (C=O) groups is 2. The number of rotatable bonds is 2. The topological polar surface area (TPSA) is 77.1 Å². The van der Waals surface area contributed by atoms with Crippen LogP contribution in [0.1, 0.15) is 25.3 Å². The molecule has 1 aromatic carbocycles. The van der Waals surface area contributed by atoms with E-state index in [9.17, 15) is 22.8 Å². The fourth-order valence-electron chi connectivity index (χ4n) is 5.97. The molecule has 6 atom stereocenters. The van der Waals surface area contributed by atoms with Gasteiger partial charge in [-0.3, -0.25) is 9.69 Å². The van der Waals surface area contributed by atoms with Gasteiger partial charge in [0.15, 0.2) is 0 Å². The van der Waals surface area contributed by atoms with Gasteiger partial charge in [0.2, 0.25) is 5.91 Å². The lowest BCUT2D eigenvalue weighted by Gasteiger charge is -2.45. The maximum absolute atomic E-state index is 13.5. The van der Waals surface area contributed by atoms with Crippen LogP contribution in [0.25, 0.3) is 0 Å². The Balaban J connectivity index is 1.56. The highest BCUT2D eigenvalue weighted by Gasteiger charge is 2.78. The van der Waals surface area contributed by atoms with Gasteiger partial charge in [-0.2, -0.15) is 13.2 Å². The van der Waals surface area contributed by atoms with Crippen molar-refractivity contribution >= 4 is 29.3 Å². The third-order valence-corrected chi connectivity index (χ3v) is 7.39. The Bertz CT molecular complexity index is 975. The summed E-state index contributed by atoms with van der Waals surface area (Å²) in [6, 6.07) is 2.99. The number of hydrogen-bond acceptors (Lipinski definition) is 5. The minimum atomic E-state index is -4.66. The minimum absolute atomic E-state index is 0.0682. The number of benzene rings is 1. The molecule has 7 nitrogen and oxygen atoms in total. The lowest BCUT2D eigenvalue weighted by molar-refractivity contribution is -0.144. The van der Waals surface area contributed by atoms with E-state index < -0.39 is 58.2 Å². The first kappa shape index (κ1) is 20.8. The average molecular weight is 461 g/mol. The molecule has 0 aliphatic carbocycles. The quantitative estimate of drug-likeness (QED) is 0.732. The van der Waals surface area contributed by atoms with Gasteiger partial charge in [0.05, 0.1) is 53.4 Å². The molecule has 2 amide bonds. The summed E-state index contributed by atoms with van der Waals surface area (Å²) in [5, 5.41) is 2.37. The van der Waals surface area contributed by atoms with Crippen LogP contribution >= 0.6 is 11.6 Å². The number of hydrogen-bond donors (Lipinski definition) is 1. The van der Waals surface area contributed by atoms with Gasteiger partial charge in [0.1, 0.15) is 6.23 Å². The predicted octanol–water partition coefficient (Wildman–Crippen LogP) is 3.34. The summed E-state index contributed by atoms with van der Waals surface area (Å²) in [5.74, 6) is -1.40. The molecule has 4 aliphatic rings. The average Bonchev–Trinajstić information content (AvgIpc) is 3.25. The zero-order chi connectivity index (χ0) is 22.3. The molecule has 1 N–H and O–H groups in total. The van der Waals surface area contributed by atoms with Crippen LogP contribution in [0.5, 0.6) is 0 Å². The van der Waals surface area contributed by atoms with Crippen molar-refractivity contribution in [3.8, 4) is 0 Å². The Labute approximate surface area is 180 Å². The summed E-state index contributed by atoms with van der Waals surface area (Å²) in [6.45, 7) is 2.03. The van der Waals surface area contributed by atoms with Crippen LogP contribution in [-0.2, 0) is 25.2 Å². The molecule has 4 aliphatic heterocycles.